The van der Waals surface area contributed by atoms with Crippen LogP contribution in [-0.2, 0) is 0 Å². The molecule has 21 heavy (non-hydrogen) atoms. The molecule has 1 amide bonds. The molecule has 2 rings (SSSR count). The number of carbonyl (C=O) groups excluding carboxylic acids is 1. The number of amides is 1. The van der Waals surface area contributed by atoms with Crippen molar-refractivity contribution in [3.05, 3.63) is 36.2 Å². The maximum atomic E-state index is 12.0. The van der Waals surface area contributed by atoms with E-state index in [0.717, 1.165) is 13.0 Å². The molecule has 0 radical (unpaired) electrons. The molecule has 2 heterocycles. The van der Waals surface area contributed by atoms with Crippen molar-refractivity contribution in [2.45, 2.75) is 13.3 Å². The fourth-order valence-corrected chi connectivity index (χ4v) is 1.57. The smallest absolute Gasteiger partial charge is 0.276 e. The molecule has 0 aliphatic heterocycles. The number of hydrogen-bond acceptors (Lipinski definition) is 6. The van der Waals surface area contributed by atoms with Gasteiger partial charge >= 0.3 is 0 Å². The topological polar surface area (TPSA) is 89.0 Å². The van der Waals surface area contributed by atoms with Crippen LogP contribution in [0.25, 0.3) is 0 Å². The summed E-state index contributed by atoms with van der Waals surface area (Å²) >= 11 is 0. The Bertz CT molecular complexity index is 583. The summed E-state index contributed by atoms with van der Waals surface area (Å²) in [5, 5.41) is 13.6. The van der Waals surface area contributed by atoms with Gasteiger partial charge in [0.2, 0.25) is 5.88 Å². The van der Waals surface area contributed by atoms with Gasteiger partial charge in [0.25, 0.3) is 5.91 Å². The lowest BCUT2D eigenvalue weighted by Gasteiger charge is -2.06. The van der Waals surface area contributed by atoms with Crippen molar-refractivity contribution in [2.75, 3.05) is 24.3 Å². The van der Waals surface area contributed by atoms with Crippen molar-refractivity contribution in [2.24, 2.45) is 0 Å². The second-order valence-electron chi connectivity index (χ2n) is 4.27. The predicted molar refractivity (Wildman–Crippen MR) is 79.6 cm³/mol. The van der Waals surface area contributed by atoms with Crippen LogP contribution in [0.5, 0.6) is 5.88 Å². The summed E-state index contributed by atoms with van der Waals surface area (Å²) in [6, 6.07) is 6.72. The number of ether oxygens (including phenoxy) is 1. The minimum atomic E-state index is -0.337. The number of hydrogen-bond donors (Lipinski definition) is 2. The van der Waals surface area contributed by atoms with Gasteiger partial charge in [-0.1, -0.05) is 6.92 Å². The fraction of sp³-hybridized carbons (Fsp3) is 0.286. The molecular weight excluding hydrogens is 270 g/mol. The number of nitrogens with zero attached hydrogens (tertiary/aromatic N) is 3. The minimum absolute atomic E-state index is 0.243. The van der Waals surface area contributed by atoms with E-state index < -0.39 is 0 Å². The van der Waals surface area contributed by atoms with Crippen molar-refractivity contribution in [3.8, 4) is 5.88 Å². The largest absolute Gasteiger partial charge is 0.481 e. The van der Waals surface area contributed by atoms with E-state index in [1.165, 1.54) is 13.3 Å². The molecule has 0 unspecified atom stereocenters. The van der Waals surface area contributed by atoms with E-state index in [0.29, 0.717) is 17.4 Å². The molecule has 0 aliphatic carbocycles. The molecule has 0 aromatic carbocycles. The van der Waals surface area contributed by atoms with Crippen LogP contribution in [0.15, 0.2) is 30.5 Å². The quantitative estimate of drug-likeness (QED) is 0.844. The number of nitrogens with one attached hydrogen (secondary N) is 2. The Hall–Kier alpha value is -2.70. The van der Waals surface area contributed by atoms with E-state index in [9.17, 15) is 4.79 Å². The third-order valence-corrected chi connectivity index (χ3v) is 2.66. The number of methoxy groups -OCH3 is 1. The summed E-state index contributed by atoms with van der Waals surface area (Å²) in [5.74, 6) is 0.801. The van der Waals surface area contributed by atoms with Crippen molar-refractivity contribution >= 4 is 17.4 Å². The Labute approximate surface area is 122 Å². The van der Waals surface area contributed by atoms with Crippen molar-refractivity contribution < 1.29 is 9.53 Å². The zero-order valence-electron chi connectivity index (χ0n) is 12.0. The molecule has 0 saturated heterocycles. The first-order valence-electron chi connectivity index (χ1n) is 6.62. The Morgan fingerprint density at radius 2 is 2.10 bits per heavy atom. The Morgan fingerprint density at radius 3 is 2.67 bits per heavy atom. The zero-order chi connectivity index (χ0) is 15.1. The highest BCUT2D eigenvalue weighted by Gasteiger charge is 2.09. The van der Waals surface area contributed by atoms with Crippen LogP contribution in [-0.4, -0.2) is 34.7 Å². The summed E-state index contributed by atoms with van der Waals surface area (Å²) < 4.78 is 4.95. The number of carbonyl (C=O) groups is 1. The average Bonchev–Trinajstić information content (AvgIpc) is 2.54. The maximum absolute atomic E-state index is 12.0. The van der Waals surface area contributed by atoms with Gasteiger partial charge in [0.15, 0.2) is 5.69 Å². The van der Waals surface area contributed by atoms with Gasteiger partial charge in [-0.05, 0) is 24.6 Å². The number of rotatable bonds is 6. The van der Waals surface area contributed by atoms with Gasteiger partial charge in [-0.15, -0.1) is 10.2 Å². The minimum Gasteiger partial charge on any atom is -0.481 e. The number of pyridine rings is 1. The molecule has 0 atom stereocenters. The summed E-state index contributed by atoms with van der Waals surface area (Å²) in [4.78, 5) is 16.0. The summed E-state index contributed by atoms with van der Waals surface area (Å²) in [6.07, 6.45) is 2.51. The van der Waals surface area contributed by atoms with Gasteiger partial charge in [-0.2, -0.15) is 0 Å². The Morgan fingerprint density at radius 1 is 1.24 bits per heavy atom. The summed E-state index contributed by atoms with van der Waals surface area (Å²) in [6.45, 7) is 2.88. The normalized spacial score (nSPS) is 10.0. The molecule has 2 aromatic rings. The van der Waals surface area contributed by atoms with E-state index >= 15 is 0 Å². The molecule has 0 spiro atoms. The van der Waals surface area contributed by atoms with E-state index in [1.807, 2.05) is 0 Å². The van der Waals surface area contributed by atoms with Gasteiger partial charge in [0.1, 0.15) is 5.82 Å². The van der Waals surface area contributed by atoms with Gasteiger partial charge < -0.3 is 15.4 Å². The third kappa shape index (κ3) is 4.13. The number of aromatic nitrogens is 3. The molecule has 2 N–H and O–H groups in total. The van der Waals surface area contributed by atoms with E-state index in [1.54, 1.807) is 24.3 Å². The van der Waals surface area contributed by atoms with E-state index in [2.05, 4.69) is 32.7 Å². The van der Waals surface area contributed by atoms with Crippen LogP contribution in [0.1, 0.15) is 23.8 Å². The third-order valence-electron chi connectivity index (χ3n) is 2.66. The predicted octanol–water partition coefficient (Wildman–Crippen LogP) is 1.95. The average molecular weight is 287 g/mol. The van der Waals surface area contributed by atoms with Gasteiger partial charge in [0, 0.05) is 12.6 Å². The molecular formula is C14H17N5O2. The lowest BCUT2D eigenvalue weighted by Crippen LogP contribution is -2.15. The first-order chi connectivity index (χ1) is 10.2. The first kappa shape index (κ1) is 14.7. The SMILES string of the molecule is CCCNc1ccc(C(=O)Nc2ccc(OC)nc2)nn1. The Kier molecular flexibility index (Phi) is 5.03. The standard InChI is InChI=1S/C14H17N5O2/c1-3-8-15-12-6-5-11(18-19-12)14(20)17-10-4-7-13(21-2)16-9-10/h4-7,9H,3,8H2,1-2H3,(H,15,19)(H,17,20). The Balaban J connectivity index is 1.98. The molecule has 0 saturated carbocycles. The van der Waals surface area contributed by atoms with Crippen LogP contribution in [0.3, 0.4) is 0 Å². The highest BCUT2D eigenvalue weighted by molar-refractivity contribution is 6.02. The molecule has 7 nitrogen and oxygen atoms in total. The van der Waals surface area contributed by atoms with Gasteiger partial charge in [-0.25, -0.2) is 4.98 Å². The maximum Gasteiger partial charge on any atom is 0.276 e. The molecule has 0 bridgehead atoms. The highest BCUT2D eigenvalue weighted by atomic mass is 16.5. The van der Waals surface area contributed by atoms with Crippen molar-refractivity contribution in [1.29, 1.82) is 0 Å². The van der Waals surface area contributed by atoms with Crippen molar-refractivity contribution in [3.63, 3.8) is 0 Å². The van der Waals surface area contributed by atoms with Gasteiger partial charge in [0.05, 0.1) is 19.0 Å². The fourth-order valence-electron chi connectivity index (χ4n) is 1.57. The first-order valence-corrected chi connectivity index (χ1v) is 6.62. The van der Waals surface area contributed by atoms with Crippen LogP contribution in [0.4, 0.5) is 11.5 Å². The zero-order valence-corrected chi connectivity index (χ0v) is 12.0. The molecule has 0 fully saturated rings. The lowest BCUT2D eigenvalue weighted by molar-refractivity contribution is 0.102. The summed E-state index contributed by atoms with van der Waals surface area (Å²) in [7, 11) is 1.53. The second kappa shape index (κ2) is 7.18. The highest BCUT2D eigenvalue weighted by Crippen LogP contribution is 2.12. The van der Waals surface area contributed by atoms with Gasteiger partial charge in [-0.3, -0.25) is 4.79 Å². The number of anilines is 2. The monoisotopic (exact) mass is 287 g/mol. The molecule has 110 valence electrons. The molecule has 2 aromatic heterocycles. The second-order valence-corrected chi connectivity index (χ2v) is 4.27. The van der Waals surface area contributed by atoms with Crippen LogP contribution in [0, 0.1) is 0 Å². The lowest BCUT2D eigenvalue weighted by atomic mass is 10.3. The van der Waals surface area contributed by atoms with Crippen LogP contribution in [0.2, 0.25) is 0 Å². The van der Waals surface area contributed by atoms with E-state index in [4.69, 9.17) is 4.74 Å². The van der Waals surface area contributed by atoms with Crippen LogP contribution >= 0.6 is 0 Å². The van der Waals surface area contributed by atoms with Crippen LogP contribution < -0.4 is 15.4 Å². The molecule has 0 aliphatic rings. The summed E-state index contributed by atoms with van der Waals surface area (Å²) in [5.41, 5.74) is 0.809. The van der Waals surface area contributed by atoms with Crippen molar-refractivity contribution in [1.82, 2.24) is 15.2 Å². The molecule has 7 heteroatoms. The van der Waals surface area contributed by atoms with E-state index in [-0.39, 0.29) is 11.6 Å².